The van der Waals surface area contributed by atoms with Gasteiger partial charge in [0.2, 0.25) is 10.0 Å². The molecule has 16 heavy (non-hydrogen) atoms. The van der Waals surface area contributed by atoms with Gasteiger partial charge in [-0.15, -0.1) is 0 Å². The molecule has 0 aliphatic carbocycles. The van der Waals surface area contributed by atoms with Crippen molar-refractivity contribution in [3.05, 3.63) is 18.5 Å². The minimum atomic E-state index is -3.33. The third-order valence-corrected chi connectivity index (χ3v) is 3.54. The van der Waals surface area contributed by atoms with Gasteiger partial charge in [0.05, 0.1) is 4.90 Å². The lowest BCUT2D eigenvalue weighted by Crippen LogP contribution is -2.29. The van der Waals surface area contributed by atoms with Crippen LogP contribution < -0.4 is 10.0 Å². The van der Waals surface area contributed by atoms with Crippen molar-refractivity contribution in [3.8, 4) is 0 Å². The standard InChI is InChI=1S/C10H19N3O2S/c1-9(2)12-5-3-6-13-16(14,15)10-4-7-11-8-10/h4,7-9,11-13H,3,5-6H2,1-2H3. The predicted molar refractivity (Wildman–Crippen MR) is 63.7 cm³/mol. The molecular weight excluding hydrogens is 226 g/mol. The molecule has 1 aromatic heterocycles. The smallest absolute Gasteiger partial charge is 0.242 e. The summed E-state index contributed by atoms with van der Waals surface area (Å²) < 4.78 is 25.8. The maximum absolute atomic E-state index is 11.6. The van der Waals surface area contributed by atoms with Crippen LogP contribution >= 0.6 is 0 Å². The van der Waals surface area contributed by atoms with Gasteiger partial charge in [0.1, 0.15) is 0 Å². The number of sulfonamides is 1. The highest BCUT2D eigenvalue weighted by atomic mass is 32.2. The molecule has 0 aliphatic heterocycles. The number of nitrogens with one attached hydrogen (secondary N) is 3. The zero-order valence-corrected chi connectivity index (χ0v) is 10.5. The van der Waals surface area contributed by atoms with Gasteiger partial charge in [0.25, 0.3) is 0 Å². The Hall–Kier alpha value is -0.850. The van der Waals surface area contributed by atoms with Crippen LogP contribution in [0.25, 0.3) is 0 Å². The Bertz CT molecular complexity index is 384. The quantitative estimate of drug-likeness (QED) is 0.618. The Morgan fingerprint density at radius 1 is 1.38 bits per heavy atom. The first-order valence-electron chi connectivity index (χ1n) is 5.38. The van der Waals surface area contributed by atoms with Crippen LogP contribution in [0, 0.1) is 0 Å². The van der Waals surface area contributed by atoms with Crippen molar-refractivity contribution in [1.82, 2.24) is 15.0 Å². The molecule has 1 rings (SSSR count). The lowest BCUT2D eigenvalue weighted by atomic mass is 10.3. The molecule has 3 N–H and O–H groups in total. The average molecular weight is 245 g/mol. The van der Waals surface area contributed by atoms with Crippen LogP contribution in [0.15, 0.2) is 23.4 Å². The Labute approximate surface area is 96.7 Å². The second-order valence-electron chi connectivity index (χ2n) is 3.91. The monoisotopic (exact) mass is 245 g/mol. The number of rotatable bonds is 7. The first kappa shape index (κ1) is 13.2. The zero-order valence-electron chi connectivity index (χ0n) is 9.66. The van der Waals surface area contributed by atoms with Gasteiger partial charge in [0, 0.05) is 25.0 Å². The topological polar surface area (TPSA) is 74.0 Å². The van der Waals surface area contributed by atoms with Gasteiger partial charge in [0.15, 0.2) is 0 Å². The van der Waals surface area contributed by atoms with Gasteiger partial charge in [-0.05, 0) is 19.0 Å². The summed E-state index contributed by atoms with van der Waals surface area (Å²) in [7, 11) is -3.33. The number of aromatic amines is 1. The van der Waals surface area contributed by atoms with Crippen molar-refractivity contribution < 1.29 is 8.42 Å². The summed E-state index contributed by atoms with van der Waals surface area (Å²) in [5, 5.41) is 3.23. The summed E-state index contributed by atoms with van der Waals surface area (Å²) in [5.74, 6) is 0. The van der Waals surface area contributed by atoms with Gasteiger partial charge >= 0.3 is 0 Å². The highest BCUT2D eigenvalue weighted by molar-refractivity contribution is 7.89. The average Bonchev–Trinajstić information content (AvgIpc) is 2.69. The molecule has 0 atom stereocenters. The van der Waals surface area contributed by atoms with Crippen LogP contribution in [0.5, 0.6) is 0 Å². The van der Waals surface area contributed by atoms with E-state index in [2.05, 4.69) is 28.9 Å². The third-order valence-electron chi connectivity index (χ3n) is 2.08. The lowest BCUT2D eigenvalue weighted by Gasteiger charge is -2.08. The number of aromatic nitrogens is 1. The summed E-state index contributed by atoms with van der Waals surface area (Å²) in [4.78, 5) is 3.00. The third kappa shape index (κ3) is 4.34. The van der Waals surface area contributed by atoms with Crippen molar-refractivity contribution in [3.63, 3.8) is 0 Å². The van der Waals surface area contributed by atoms with Crippen LogP contribution in [0.3, 0.4) is 0 Å². The fourth-order valence-corrected chi connectivity index (χ4v) is 2.29. The number of H-pyrrole nitrogens is 1. The molecular formula is C10H19N3O2S. The minimum Gasteiger partial charge on any atom is -0.366 e. The summed E-state index contributed by atoms with van der Waals surface area (Å²) in [5.41, 5.74) is 0. The zero-order chi connectivity index (χ0) is 12.0. The molecule has 0 saturated carbocycles. The number of hydrogen-bond acceptors (Lipinski definition) is 3. The fourth-order valence-electron chi connectivity index (χ4n) is 1.24. The molecule has 0 aromatic carbocycles. The van der Waals surface area contributed by atoms with Crippen LogP contribution in [-0.2, 0) is 10.0 Å². The second kappa shape index (κ2) is 6.03. The van der Waals surface area contributed by atoms with Crippen molar-refractivity contribution in [2.24, 2.45) is 0 Å². The first-order valence-corrected chi connectivity index (χ1v) is 6.86. The maximum Gasteiger partial charge on any atom is 0.242 e. The molecule has 0 unspecified atom stereocenters. The molecule has 6 heteroatoms. The molecule has 0 amide bonds. The Morgan fingerprint density at radius 3 is 2.69 bits per heavy atom. The molecule has 92 valence electrons. The largest absolute Gasteiger partial charge is 0.366 e. The van der Waals surface area contributed by atoms with E-state index in [9.17, 15) is 8.42 Å². The Kier molecular flexibility index (Phi) is 4.98. The molecule has 0 bridgehead atoms. The van der Waals surface area contributed by atoms with Gasteiger partial charge in [-0.1, -0.05) is 13.8 Å². The van der Waals surface area contributed by atoms with E-state index < -0.39 is 10.0 Å². The molecule has 1 aromatic rings. The number of hydrogen-bond donors (Lipinski definition) is 3. The molecule has 0 aliphatic rings. The highest BCUT2D eigenvalue weighted by Crippen LogP contribution is 2.05. The molecule has 0 saturated heterocycles. The molecule has 5 nitrogen and oxygen atoms in total. The Morgan fingerprint density at radius 2 is 2.12 bits per heavy atom. The van der Waals surface area contributed by atoms with Crippen LogP contribution in [-0.4, -0.2) is 32.5 Å². The summed E-state index contributed by atoms with van der Waals surface area (Å²) in [6, 6.07) is 1.97. The fraction of sp³-hybridized carbons (Fsp3) is 0.600. The van der Waals surface area contributed by atoms with E-state index in [-0.39, 0.29) is 4.90 Å². The van der Waals surface area contributed by atoms with Crippen LogP contribution in [0.2, 0.25) is 0 Å². The molecule has 0 radical (unpaired) electrons. The van der Waals surface area contributed by atoms with E-state index in [1.54, 1.807) is 6.20 Å². The van der Waals surface area contributed by atoms with Gasteiger partial charge < -0.3 is 10.3 Å². The summed E-state index contributed by atoms with van der Waals surface area (Å²) >= 11 is 0. The minimum absolute atomic E-state index is 0.282. The predicted octanol–water partition coefficient (Wildman–Crippen LogP) is 0.681. The van der Waals surface area contributed by atoms with Crippen molar-refractivity contribution in [1.29, 1.82) is 0 Å². The van der Waals surface area contributed by atoms with Crippen molar-refractivity contribution in [2.75, 3.05) is 13.1 Å². The Balaban J connectivity index is 2.28. The normalized spacial score (nSPS) is 12.2. The summed E-state index contributed by atoms with van der Waals surface area (Å²) in [6.45, 7) is 5.38. The molecule has 0 fully saturated rings. The van der Waals surface area contributed by atoms with E-state index in [1.807, 2.05) is 0 Å². The van der Waals surface area contributed by atoms with Gasteiger partial charge in [-0.2, -0.15) is 0 Å². The van der Waals surface area contributed by atoms with Crippen molar-refractivity contribution in [2.45, 2.75) is 31.2 Å². The van der Waals surface area contributed by atoms with Gasteiger partial charge in [-0.25, -0.2) is 13.1 Å². The van der Waals surface area contributed by atoms with Crippen LogP contribution in [0.1, 0.15) is 20.3 Å². The van der Waals surface area contributed by atoms with E-state index in [0.717, 1.165) is 13.0 Å². The lowest BCUT2D eigenvalue weighted by molar-refractivity contribution is 0.554. The SMILES string of the molecule is CC(C)NCCCNS(=O)(=O)c1cc[nH]c1. The van der Waals surface area contributed by atoms with E-state index >= 15 is 0 Å². The highest BCUT2D eigenvalue weighted by Gasteiger charge is 2.12. The summed E-state index contributed by atoms with van der Waals surface area (Å²) in [6.07, 6.45) is 3.84. The first-order chi connectivity index (χ1) is 7.52. The van der Waals surface area contributed by atoms with Crippen molar-refractivity contribution >= 4 is 10.0 Å². The molecule has 1 heterocycles. The van der Waals surface area contributed by atoms with Gasteiger partial charge in [-0.3, -0.25) is 0 Å². The van der Waals surface area contributed by atoms with Crippen LogP contribution in [0.4, 0.5) is 0 Å². The maximum atomic E-state index is 11.6. The second-order valence-corrected chi connectivity index (χ2v) is 5.67. The van der Waals surface area contributed by atoms with E-state index in [1.165, 1.54) is 12.3 Å². The van der Waals surface area contributed by atoms with E-state index in [4.69, 9.17) is 0 Å². The molecule has 0 spiro atoms. The van der Waals surface area contributed by atoms with E-state index in [0.29, 0.717) is 12.6 Å².